The molecule has 2 aromatic heterocycles. The molecule has 0 amide bonds. The first kappa shape index (κ1) is 9.14. The van der Waals surface area contributed by atoms with Crippen molar-refractivity contribution >= 4 is 27.4 Å². The third-order valence-corrected chi connectivity index (χ3v) is 2.22. The highest BCUT2D eigenvalue weighted by atomic mass is 79.9. The maximum atomic E-state index is 11.2. The topological polar surface area (TPSA) is 56.5 Å². The molecule has 0 radical (unpaired) electrons. The highest BCUT2D eigenvalue weighted by Gasteiger charge is 2.14. The normalized spacial score (nSPS) is 10.4. The van der Waals surface area contributed by atoms with Gasteiger partial charge in [0.15, 0.2) is 5.69 Å². The molecule has 14 heavy (non-hydrogen) atoms. The minimum absolute atomic E-state index is 0.222. The molecule has 0 aliphatic carbocycles. The van der Waals surface area contributed by atoms with Crippen LogP contribution in [-0.2, 0) is 4.74 Å². The van der Waals surface area contributed by atoms with E-state index in [0.717, 1.165) is 4.47 Å². The van der Waals surface area contributed by atoms with Crippen LogP contribution in [0.15, 0.2) is 22.8 Å². The van der Waals surface area contributed by atoms with E-state index in [1.807, 2.05) is 6.07 Å². The Morgan fingerprint density at radius 2 is 2.36 bits per heavy atom. The van der Waals surface area contributed by atoms with Gasteiger partial charge in [0.25, 0.3) is 0 Å². The summed E-state index contributed by atoms with van der Waals surface area (Å²) in [5.41, 5.74) is 0.847. The van der Waals surface area contributed by atoms with Gasteiger partial charge in [-0.15, -0.1) is 5.10 Å². The summed E-state index contributed by atoms with van der Waals surface area (Å²) < 4.78 is 6.94. The Balaban J connectivity index is 2.64. The van der Waals surface area contributed by atoms with Gasteiger partial charge in [0, 0.05) is 10.7 Å². The number of hydrogen-bond donors (Lipinski definition) is 0. The quantitative estimate of drug-likeness (QED) is 0.721. The number of ether oxygens (including phenoxy) is 1. The predicted molar refractivity (Wildman–Crippen MR) is 52.0 cm³/mol. The molecule has 72 valence electrons. The molecule has 0 saturated carbocycles. The van der Waals surface area contributed by atoms with Crippen LogP contribution in [0.25, 0.3) is 5.52 Å². The molecule has 6 heteroatoms. The monoisotopic (exact) mass is 255 g/mol. The maximum absolute atomic E-state index is 11.2. The maximum Gasteiger partial charge on any atom is 0.360 e. The number of methoxy groups -OCH3 is 1. The lowest BCUT2D eigenvalue weighted by Gasteiger charge is -1.95. The predicted octanol–water partition coefficient (Wildman–Crippen LogP) is 1.28. The lowest BCUT2D eigenvalue weighted by Crippen LogP contribution is -2.02. The van der Waals surface area contributed by atoms with Gasteiger partial charge in [0.1, 0.15) is 5.52 Å². The molecular formula is C8H6BrN3O2. The van der Waals surface area contributed by atoms with Crippen LogP contribution in [0.4, 0.5) is 0 Å². The van der Waals surface area contributed by atoms with Crippen LogP contribution in [-0.4, -0.2) is 27.9 Å². The Hall–Kier alpha value is -1.43. The third-order valence-electron chi connectivity index (χ3n) is 1.76. The molecule has 0 aromatic carbocycles. The summed E-state index contributed by atoms with van der Waals surface area (Å²) in [6.07, 6.45) is 1.72. The van der Waals surface area contributed by atoms with E-state index in [0.29, 0.717) is 5.52 Å². The summed E-state index contributed by atoms with van der Waals surface area (Å²) in [5, 5.41) is 7.51. The zero-order valence-corrected chi connectivity index (χ0v) is 8.85. The number of hydrogen-bond acceptors (Lipinski definition) is 4. The number of esters is 1. The van der Waals surface area contributed by atoms with Gasteiger partial charge in [-0.1, -0.05) is 5.21 Å². The fourth-order valence-electron chi connectivity index (χ4n) is 1.11. The summed E-state index contributed by atoms with van der Waals surface area (Å²) in [6.45, 7) is 0. The Morgan fingerprint density at radius 3 is 3.07 bits per heavy atom. The average Bonchev–Trinajstić information content (AvgIpc) is 2.59. The van der Waals surface area contributed by atoms with Gasteiger partial charge in [-0.05, 0) is 28.1 Å². The van der Waals surface area contributed by atoms with Crippen molar-refractivity contribution in [2.45, 2.75) is 0 Å². The Kier molecular flexibility index (Phi) is 2.20. The number of pyridine rings is 1. The molecule has 5 nitrogen and oxygen atoms in total. The van der Waals surface area contributed by atoms with Crippen molar-refractivity contribution in [2.75, 3.05) is 7.11 Å². The van der Waals surface area contributed by atoms with Gasteiger partial charge in [-0.2, -0.15) is 0 Å². The van der Waals surface area contributed by atoms with E-state index in [2.05, 4.69) is 31.0 Å². The van der Waals surface area contributed by atoms with E-state index >= 15 is 0 Å². The summed E-state index contributed by atoms with van der Waals surface area (Å²) in [5.74, 6) is -0.484. The fraction of sp³-hybridized carbons (Fsp3) is 0.125. The van der Waals surface area contributed by atoms with Crippen molar-refractivity contribution in [3.63, 3.8) is 0 Å². The van der Waals surface area contributed by atoms with E-state index in [4.69, 9.17) is 0 Å². The molecule has 0 aliphatic heterocycles. The van der Waals surface area contributed by atoms with Crippen molar-refractivity contribution in [1.82, 2.24) is 14.8 Å². The molecule has 0 fully saturated rings. The standard InChI is InChI=1S/C8H6BrN3O2/c1-14-8(13)7-6-3-2-5(9)4-12(6)11-10-7/h2-4H,1H3. The van der Waals surface area contributed by atoms with Crippen LogP contribution >= 0.6 is 15.9 Å². The Morgan fingerprint density at radius 1 is 1.57 bits per heavy atom. The lowest BCUT2D eigenvalue weighted by molar-refractivity contribution is 0.0596. The first-order chi connectivity index (χ1) is 6.72. The van der Waals surface area contributed by atoms with Crippen molar-refractivity contribution in [3.8, 4) is 0 Å². The van der Waals surface area contributed by atoms with Crippen molar-refractivity contribution in [3.05, 3.63) is 28.5 Å². The van der Waals surface area contributed by atoms with Crippen LogP contribution in [0, 0.1) is 0 Å². The van der Waals surface area contributed by atoms with Crippen LogP contribution in [0.5, 0.6) is 0 Å². The first-order valence-corrected chi connectivity index (χ1v) is 4.60. The molecule has 0 N–H and O–H groups in total. The van der Waals surface area contributed by atoms with E-state index in [1.54, 1.807) is 12.3 Å². The summed E-state index contributed by atoms with van der Waals surface area (Å²) in [4.78, 5) is 11.2. The van der Waals surface area contributed by atoms with Gasteiger partial charge >= 0.3 is 5.97 Å². The fourth-order valence-corrected chi connectivity index (χ4v) is 1.44. The highest BCUT2D eigenvalue weighted by Crippen LogP contribution is 2.13. The Bertz CT molecular complexity index is 494. The molecule has 0 atom stereocenters. The molecule has 0 saturated heterocycles. The van der Waals surface area contributed by atoms with Gasteiger partial charge in [0.05, 0.1) is 7.11 Å². The first-order valence-electron chi connectivity index (χ1n) is 3.81. The van der Waals surface area contributed by atoms with Crippen molar-refractivity contribution in [2.24, 2.45) is 0 Å². The third kappa shape index (κ3) is 1.37. The molecule has 0 bridgehead atoms. The second-order valence-corrected chi connectivity index (χ2v) is 3.52. The van der Waals surface area contributed by atoms with Gasteiger partial charge in [-0.25, -0.2) is 9.31 Å². The van der Waals surface area contributed by atoms with E-state index < -0.39 is 5.97 Å². The summed E-state index contributed by atoms with van der Waals surface area (Å²) in [7, 11) is 1.31. The zero-order valence-electron chi connectivity index (χ0n) is 7.27. The molecule has 2 aromatic rings. The highest BCUT2D eigenvalue weighted by molar-refractivity contribution is 9.10. The summed E-state index contributed by atoms with van der Waals surface area (Å²) in [6, 6.07) is 3.56. The second kappa shape index (κ2) is 3.38. The smallest absolute Gasteiger partial charge is 0.360 e. The summed E-state index contributed by atoms with van der Waals surface area (Å²) >= 11 is 3.29. The number of aromatic nitrogens is 3. The number of rotatable bonds is 1. The minimum Gasteiger partial charge on any atom is -0.464 e. The molecule has 0 spiro atoms. The van der Waals surface area contributed by atoms with Gasteiger partial charge in [-0.3, -0.25) is 0 Å². The lowest BCUT2D eigenvalue weighted by atomic mass is 10.3. The van der Waals surface area contributed by atoms with Gasteiger partial charge in [0.2, 0.25) is 0 Å². The minimum atomic E-state index is -0.484. The molecule has 0 aliphatic rings. The number of nitrogens with zero attached hydrogens (tertiary/aromatic N) is 3. The van der Waals surface area contributed by atoms with E-state index in [9.17, 15) is 4.79 Å². The largest absolute Gasteiger partial charge is 0.464 e. The molecule has 0 unspecified atom stereocenters. The van der Waals surface area contributed by atoms with E-state index in [-0.39, 0.29) is 5.69 Å². The Labute approximate surface area is 87.8 Å². The number of carbonyl (C=O) groups is 1. The second-order valence-electron chi connectivity index (χ2n) is 2.61. The number of fused-ring (bicyclic) bond motifs is 1. The van der Waals surface area contributed by atoms with E-state index in [1.165, 1.54) is 11.6 Å². The van der Waals surface area contributed by atoms with Crippen molar-refractivity contribution < 1.29 is 9.53 Å². The molecule has 2 rings (SSSR count). The average molecular weight is 256 g/mol. The van der Waals surface area contributed by atoms with Crippen LogP contribution in [0.1, 0.15) is 10.5 Å². The number of carbonyl (C=O) groups excluding carboxylic acids is 1. The number of halogens is 1. The van der Waals surface area contributed by atoms with Crippen molar-refractivity contribution in [1.29, 1.82) is 0 Å². The van der Waals surface area contributed by atoms with Crippen LogP contribution in [0.2, 0.25) is 0 Å². The van der Waals surface area contributed by atoms with Crippen LogP contribution in [0.3, 0.4) is 0 Å². The molecule has 2 heterocycles. The SMILES string of the molecule is COC(=O)c1nnn2cc(Br)ccc12. The van der Waals surface area contributed by atoms with Gasteiger partial charge < -0.3 is 4.74 Å². The van der Waals surface area contributed by atoms with Crippen LogP contribution < -0.4 is 0 Å². The zero-order chi connectivity index (χ0) is 10.1. The molecular weight excluding hydrogens is 250 g/mol.